The number of carbonyl (C=O) groups excluding carboxylic acids is 1. The molecular weight excluding hydrogens is 276 g/mol. The second-order valence-electron chi connectivity index (χ2n) is 5.38. The molecule has 0 saturated heterocycles. The van der Waals surface area contributed by atoms with Gasteiger partial charge in [0.05, 0.1) is 5.88 Å². The van der Waals surface area contributed by atoms with Gasteiger partial charge in [-0.3, -0.25) is 4.79 Å². The summed E-state index contributed by atoms with van der Waals surface area (Å²) < 4.78 is 4.68. The summed E-state index contributed by atoms with van der Waals surface area (Å²) in [7, 11) is 0. The first-order valence-electron chi connectivity index (χ1n) is 8.14. The molecule has 0 fully saturated rings. The average molecular weight is 307 g/mol. The number of rotatable bonds is 14. The summed E-state index contributed by atoms with van der Waals surface area (Å²) in [6.45, 7) is 2.24. The normalized spacial score (nSPS) is 12.3. The van der Waals surface area contributed by atoms with Gasteiger partial charge in [-0.25, -0.2) is 0 Å². The number of esters is 1. The van der Waals surface area contributed by atoms with Gasteiger partial charge >= 0.3 is 5.97 Å². The monoisotopic (exact) mass is 306 g/mol. The van der Waals surface area contributed by atoms with E-state index >= 15 is 0 Å². The van der Waals surface area contributed by atoms with Gasteiger partial charge in [-0.05, 0) is 6.42 Å². The Kier molecular flexibility index (Phi) is 14.9. The lowest BCUT2D eigenvalue weighted by atomic mass is 10.1. The van der Waals surface area contributed by atoms with Crippen LogP contribution in [0.2, 0.25) is 0 Å². The van der Waals surface area contributed by atoms with Crippen LogP contribution in [0.5, 0.6) is 0 Å². The van der Waals surface area contributed by atoms with Crippen molar-refractivity contribution in [1.82, 2.24) is 0 Å². The van der Waals surface area contributed by atoms with Gasteiger partial charge in [0.25, 0.3) is 0 Å². The van der Waals surface area contributed by atoms with Crippen molar-refractivity contribution in [3.8, 4) is 0 Å². The molecule has 1 N–H and O–H groups in total. The van der Waals surface area contributed by atoms with E-state index in [0.29, 0.717) is 6.42 Å². The largest absolute Gasteiger partial charge is 0.435 e. The molecule has 0 aromatic carbocycles. The van der Waals surface area contributed by atoms with Gasteiger partial charge in [-0.15, -0.1) is 11.6 Å². The Bertz CT molecular complexity index is 222. The number of aliphatic hydroxyl groups is 1. The highest BCUT2D eigenvalue weighted by molar-refractivity contribution is 6.18. The smallest absolute Gasteiger partial charge is 0.308 e. The molecule has 0 aliphatic carbocycles. The van der Waals surface area contributed by atoms with Crippen LogP contribution in [-0.4, -0.2) is 23.2 Å². The van der Waals surface area contributed by atoms with Crippen LogP contribution in [0.25, 0.3) is 0 Å². The highest BCUT2D eigenvalue weighted by Crippen LogP contribution is 2.12. The van der Waals surface area contributed by atoms with Crippen LogP contribution >= 0.6 is 11.6 Å². The minimum absolute atomic E-state index is 0.0655. The van der Waals surface area contributed by atoms with Gasteiger partial charge in [0, 0.05) is 6.42 Å². The van der Waals surface area contributed by atoms with Gasteiger partial charge in [0.1, 0.15) is 0 Å². The Hall–Kier alpha value is -0.280. The topological polar surface area (TPSA) is 46.5 Å². The predicted octanol–water partition coefficient (Wildman–Crippen LogP) is 4.79. The molecule has 0 aliphatic rings. The summed E-state index contributed by atoms with van der Waals surface area (Å²) in [6.07, 6.45) is 13.0. The number of hydrogen-bond acceptors (Lipinski definition) is 3. The molecule has 0 amide bonds. The molecule has 120 valence electrons. The first-order valence-corrected chi connectivity index (χ1v) is 8.67. The van der Waals surface area contributed by atoms with Crippen molar-refractivity contribution in [2.75, 3.05) is 5.88 Å². The highest BCUT2D eigenvalue weighted by Gasteiger charge is 2.08. The predicted molar refractivity (Wildman–Crippen MR) is 83.9 cm³/mol. The fourth-order valence-electron chi connectivity index (χ4n) is 2.18. The summed E-state index contributed by atoms with van der Waals surface area (Å²) in [4.78, 5) is 11.2. The zero-order chi connectivity index (χ0) is 15.1. The van der Waals surface area contributed by atoms with E-state index in [1.54, 1.807) is 0 Å². The van der Waals surface area contributed by atoms with Gasteiger partial charge < -0.3 is 9.84 Å². The lowest BCUT2D eigenvalue weighted by Crippen LogP contribution is -2.18. The maximum atomic E-state index is 11.2. The Labute approximate surface area is 129 Å². The number of alkyl halides is 1. The number of aliphatic hydroxyl groups excluding tert-OH is 1. The van der Waals surface area contributed by atoms with E-state index in [9.17, 15) is 4.79 Å². The number of unbranched alkanes of at least 4 members (excludes halogenated alkanes) is 10. The van der Waals surface area contributed by atoms with E-state index in [1.165, 1.54) is 57.8 Å². The van der Waals surface area contributed by atoms with E-state index in [-0.39, 0.29) is 11.8 Å². The molecule has 0 rings (SSSR count). The molecule has 3 nitrogen and oxygen atoms in total. The van der Waals surface area contributed by atoms with Crippen LogP contribution in [0, 0.1) is 0 Å². The second-order valence-corrected chi connectivity index (χ2v) is 5.69. The van der Waals surface area contributed by atoms with E-state index in [4.69, 9.17) is 16.7 Å². The molecule has 0 saturated carbocycles. The van der Waals surface area contributed by atoms with Crippen LogP contribution in [0.3, 0.4) is 0 Å². The standard InChI is InChI=1S/C16H31ClO3/c1-2-3-4-5-6-7-8-9-10-11-12-13-15(18)20-16(19)14-17/h16,19H,2-14H2,1H3. The van der Waals surface area contributed by atoms with Crippen molar-refractivity contribution in [3.63, 3.8) is 0 Å². The van der Waals surface area contributed by atoms with Crippen LogP contribution in [0.1, 0.15) is 84.0 Å². The molecule has 0 spiro atoms. The molecule has 0 aromatic heterocycles. The Balaban J connectivity index is 3.14. The van der Waals surface area contributed by atoms with Gasteiger partial charge in [-0.1, -0.05) is 71.1 Å². The van der Waals surface area contributed by atoms with E-state index < -0.39 is 6.29 Å². The van der Waals surface area contributed by atoms with Gasteiger partial charge in [0.15, 0.2) is 0 Å². The molecule has 4 heteroatoms. The maximum absolute atomic E-state index is 11.2. The second kappa shape index (κ2) is 15.1. The third kappa shape index (κ3) is 14.1. The third-order valence-electron chi connectivity index (χ3n) is 3.38. The first kappa shape index (κ1) is 19.7. The summed E-state index contributed by atoms with van der Waals surface area (Å²) >= 11 is 5.34. The van der Waals surface area contributed by atoms with Crippen molar-refractivity contribution in [2.24, 2.45) is 0 Å². The van der Waals surface area contributed by atoms with E-state index in [2.05, 4.69) is 11.7 Å². The van der Waals surface area contributed by atoms with E-state index in [1.807, 2.05) is 0 Å². The quantitative estimate of drug-likeness (QED) is 0.217. The molecular formula is C16H31ClO3. The van der Waals surface area contributed by atoms with Crippen molar-refractivity contribution < 1.29 is 14.6 Å². The summed E-state index contributed by atoms with van der Waals surface area (Å²) in [5, 5.41) is 9.03. The molecule has 0 radical (unpaired) electrons. The zero-order valence-corrected chi connectivity index (χ0v) is 13.7. The molecule has 0 aromatic rings. The summed E-state index contributed by atoms with van der Waals surface area (Å²) in [6, 6.07) is 0. The minimum atomic E-state index is -1.16. The average Bonchev–Trinajstić information content (AvgIpc) is 2.44. The third-order valence-corrected chi connectivity index (χ3v) is 3.65. The Morgan fingerprint density at radius 3 is 1.85 bits per heavy atom. The molecule has 0 heterocycles. The number of ether oxygens (including phenoxy) is 1. The Morgan fingerprint density at radius 1 is 0.950 bits per heavy atom. The molecule has 20 heavy (non-hydrogen) atoms. The van der Waals surface area contributed by atoms with E-state index in [0.717, 1.165) is 12.8 Å². The Morgan fingerprint density at radius 2 is 1.40 bits per heavy atom. The fraction of sp³-hybridized carbons (Fsp3) is 0.938. The van der Waals surface area contributed by atoms with Crippen molar-refractivity contribution in [1.29, 1.82) is 0 Å². The number of hydrogen-bond donors (Lipinski definition) is 1. The first-order chi connectivity index (χ1) is 9.70. The van der Waals surface area contributed by atoms with Crippen LogP contribution < -0.4 is 0 Å². The minimum Gasteiger partial charge on any atom is -0.435 e. The highest BCUT2D eigenvalue weighted by atomic mass is 35.5. The SMILES string of the molecule is CCCCCCCCCCCCCC(=O)OC(O)CCl. The van der Waals surface area contributed by atoms with Crippen molar-refractivity contribution in [3.05, 3.63) is 0 Å². The lowest BCUT2D eigenvalue weighted by molar-refractivity contribution is -0.164. The van der Waals surface area contributed by atoms with Gasteiger partial charge in [0.2, 0.25) is 6.29 Å². The van der Waals surface area contributed by atoms with Crippen LogP contribution in [0.15, 0.2) is 0 Å². The van der Waals surface area contributed by atoms with Crippen LogP contribution in [0.4, 0.5) is 0 Å². The lowest BCUT2D eigenvalue weighted by Gasteiger charge is -2.08. The number of carbonyl (C=O) groups is 1. The number of halogens is 1. The van der Waals surface area contributed by atoms with Crippen LogP contribution in [-0.2, 0) is 9.53 Å². The fourth-order valence-corrected chi connectivity index (χ4v) is 2.24. The molecule has 1 unspecified atom stereocenters. The maximum Gasteiger partial charge on any atom is 0.308 e. The molecule has 1 atom stereocenters. The van der Waals surface area contributed by atoms with Crippen molar-refractivity contribution >= 4 is 17.6 Å². The zero-order valence-electron chi connectivity index (χ0n) is 12.9. The molecule has 0 aliphatic heterocycles. The van der Waals surface area contributed by atoms with Crippen molar-refractivity contribution in [2.45, 2.75) is 90.3 Å². The molecule has 0 bridgehead atoms. The summed E-state index contributed by atoms with van der Waals surface area (Å²) in [5.74, 6) is -0.418. The summed E-state index contributed by atoms with van der Waals surface area (Å²) in [5.41, 5.74) is 0. The van der Waals surface area contributed by atoms with Gasteiger partial charge in [-0.2, -0.15) is 0 Å².